The predicted molar refractivity (Wildman–Crippen MR) is 64.8 cm³/mol. The van der Waals surface area contributed by atoms with Gasteiger partial charge in [-0.15, -0.1) is 0 Å². The van der Waals surface area contributed by atoms with Crippen LogP contribution in [0.5, 0.6) is 5.75 Å². The van der Waals surface area contributed by atoms with Gasteiger partial charge in [0, 0.05) is 12.4 Å². The van der Waals surface area contributed by atoms with Crippen LogP contribution in [0.15, 0.2) is 42.7 Å². The molecule has 0 saturated heterocycles. The molecule has 2 nitrogen and oxygen atoms in total. The molecule has 0 aliphatic heterocycles. The fraction of sp³-hybridized carbons (Fsp3) is 0.214. The summed E-state index contributed by atoms with van der Waals surface area (Å²) >= 11 is 0. The molecule has 2 rings (SSSR count). The molecule has 0 bridgehead atoms. The largest absolute Gasteiger partial charge is 0.497 e. The Kier molecular flexibility index (Phi) is 3.20. The highest BCUT2D eigenvalue weighted by molar-refractivity contribution is 5.33. The zero-order valence-electron chi connectivity index (χ0n) is 9.60. The molecule has 82 valence electrons. The van der Waals surface area contributed by atoms with Gasteiger partial charge in [-0.1, -0.05) is 12.1 Å². The lowest BCUT2D eigenvalue weighted by molar-refractivity contribution is 0.414. The summed E-state index contributed by atoms with van der Waals surface area (Å²) in [7, 11) is 1.68. The van der Waals surface area contributed by atoms with Crippen LogP contribution in [0.4, 0.5) is 0 Å². The Labute approximate surface area is 95.9 Å². The number of hydrogen-bond donors (Lipinski definition) is 0. The monoisotopic (exact) mass is 213 g/mol. The van der Waals surface area contributed by atoms with Crippen molar-refractivity contribution in [2.45, 2.75) is 13.3 Å². The first-order chi connectivity index (χ1) is 7.79. The van der Waals surface area contributed by atoms with E-state index in [9.17, 15) is 0 Å². The first kappa shape index (κ1) is 10.7. The SMILES string of the molecule is COc1ccc(Cc2cnccc2C)cc1. The quantitative estimate of drug-likeness (QED) is 0.782. The lowest BCUT2D eigenvalue weighted by Gasteiger charge is -2.05. The van der Waals surface area contributed by atoms with Crippen LogP contribution >= 0.6 is 0 Å². The second kappa shape index (κ2) is 4.79. The van der Waals surface area contributed by atoms with Gasteiger partial charge in [0.05, 0.1) is 7.11 Å². The zero-order valence-corrected chi connectivity index (χ0v) is 9.60. The molecule has 16 heavy (non-hydrogen) atoms. The van der Waals surface area contributed by atoms with E-state index < -0.39 is 0 Å². The molecule has 2 heteroatoms. The van der Waals surface area contributed by atoms with Gasteiger partial charge in [-0.05, 0) is 48.2 Å². The highest BCUT2D eigenvalue weighted by Gasteiger charge is 2.00. The van der Waals surface area contributed by atoms with E-state index >= 15 is 0 Å². The van der Waals surface area contributed by atoms with E-state index in [1.165, 1.54) is 16.7 Å². The van der Waals surface area contributed by atoms with Crippen molar-refractivity contribution in [3.63, 3.8) is 0 Å². The van der Waals surface area contributed by atoms with Gasteiger partial charge in [-0.2, -0.15) is 0 Å². The van der Waals surface area contributed by atoms with Crippen molar-refractivity contribution in [1.29, 1.82) is 0 Å². The van der Waals surface area contributed by atoms with Crippen LogP contribution in [0.2, 0.25) is 0 Å². The number of aryl methyl sites for hydroxylation is 1. The Morgan fingerprint density at radius 1 is 1.12 bits per heavy atom. The summed E-state index contributed by atoms with van der Waals surface area (Å²) in [6.07, 6.45) is 4.68. The van der Waals surface area contributed by atoms with Gasteiger partial charge in [0.1, 0.15) is 5.75 Å². The van der Waals surface area contributed by atoms with E-state index in [4.69, 9.17) is 4.74 Å². The number of ether oxygens (including phenoxy) is 1. The minimum atomic E-state index is 0.895. The third kappa shape index (κ3) is 2.40. The van der Waals surface area contributed by atoms with Crippen LogP contribution in [0.1, 0.15) is 16.7 Å². The zero-order chi connectivity index (χ0) is 11.4. The van der Waals surface area contributed by atoms with Gasteiger partial charge in [0.2, 0.25) is 0 Å². The number of pyridine rings is 1. The Bertz CT molecular complexity index is 462. The fourth-order valence-corrected chi connectivity index (χ4v) is 1.65. The Morgan fingerprint density at radius 2 is 1.88 bits per heavy atom. The van der Waals surface area contributed by atoms with E-state index in [0.717, 1.165) is 12.2 Å². The average Bonchev–Trinajstić information content (AvgIpc) is 2.33. The molecule has 0 unspecified atom stereocenters. The molecule has 0 N–H and O–H groups in total. The van der Waals surface area contributed by atoms with Crippen molar-refractivity contribution < 1.29 is 4.74 Å². The van der Waals surface area contributed by atoms with Crippen molar-refractivity contribution in [2.75, 3.05) is 7.11 Å². The molecule has 0 atom stereocenters. The first-order valence-corrected chi connectivity index (χ1v) is 5.32. The highest BCUT2D eigenvalue weighted by atomic mass is 16.5. The number of nitrogens with zero attached hydrogens (tertiary/aromatic N) is 1. The summed E-state index contributed by atoms with van der Waals surface area (Å²) in [5.41, 5.74) is 3.83. The molecule has 0 radical (unpaired) electrons. The van der Waals surface area contributed by atoms with E-state index in [0.29, 0.717) is 0 Å². The van der Waals surface area contributed by atoms with E-state index in [1.807, 2.05) is 30.6 Å². The van der Waals surface area contributed by atoms with Crippen LogP contribution in [-0.2, 0) is 6.42 Å². The minimum absolute atomic E-state index is 0.895. The van der Waals surface area contributed by atoms with Crippen molar-refractivity contribution >= 4 is 0 Å². The number of methoxy groups -OCH3 is 1. The molecule has 1 aromatic carbocycles. The molecule has 0 fully saturated rings. The fourth-order valence-electron chi connectivity index (χ4n) is 1.65. The van der Waals surface area contributed by atoms with E-state index in [-0.39, 0.29) is 0 Å². The Hall–Kier alpha value is -1.83. The van der Waals surface area contributed by atoms with Gasteiger partial charge < -0.3 is 4.74 Å². The van der Waals surface area contributed by atoms with Gasteiger partial charge >= 0.3 is 0 Å². The number of hydrogen-bond acceptors (Lipinski definition) is 2. The molecule has 0 amide bonds. The summed E-state index contributed by atoms with van der Waals surface area (Å²) in [6.45, 7) is 2.11. The van der Waals surface area contributed by atoms with Crippen molar-refractivity contribution in [1.82, 2.24) is 4.98 Å². The summed E-state index contributed by atoms with van der Waals surface area (Å²) in [5, 5.41) is 0. The molecule has 0 spiro atoms. The highest BCUT2D eigenvalue weighted by Crippen LogP contribution is 2.16. The smallest absolute Gasteiger partial charge is 0.118 e. The van der Waals surface area contributed by atoms with Crippen LogP contribution < -0.4 is 4.74 Å². The summed E-state index contributed by atoms with van der Waals surface area (Å²) in [4.78, 5) is 4.15. The third-order valence-electron chi connectivity index (χ3n) is 2.70. The topological polar surface area (TPSA) is 22.1 Å². The lowest BCUT2D eigenvalue weighted by atomic mass is 10.0. The van der Waals surface area contributed by atoms with E-state index in [2.05, 4.69) is 24.0 Å². The van der Waals surface area contributed by atoms with E-state index in [1.54, 1.807) is 7.11 Å². The van der Waals surface area contributed by atoms with Crippen LogP contribution in [0, 0.1) is 6.92 Å². The van der Waals surface area contributed by atoms with Gasteiger partial charge in [-0.3, -0.25) is 4.98 Å². The minimum Gasteiger partial charge on any atom is -0.497 e. The molecule has 0 aliphatic carbocycles. The molecular weight excluding hydrogens is 198 g/mol. The maximum atomic E-state index is 5.13. The second-order valence-electron chi connectivity index (χ2n) is 3.83. The van der Waals surface area contributed by atoms with Crippen LogP contribution in [0.3, 0.4) is 0 Å². The predicted octanol–water partition coefficient (Wildman–Crippen LogP) is 2.99. The summed E-state index contributed by atoms with van der Waals surface area (Å²) in [5.74, 6) is 0.895. The lowest BCUT2D eigenvalue weighted by Crippen LogP contribution is -1.93. The summed E-state index contributed by atoms with van der Waals surface area (Å²) in [6, 6.07) is 10.2. The Morgan fingerprint density at radius 3 is 2.50 bits per heavy atom. The van der Waals surface area contributed by atoms with Crippen molar-refractivity contribution in [3.05, 3.63) is 59.4 Å². The molecule has 0 aliphatic rings. The normalized spacial score (nSPS) is 10.1. The maximum absolute atomic E-state index is 5.13. The molecule has 2 aromatic rings. The average molecular weight is 213 g/mol. The third-order valence-corrected chi connectivity index (χ3v) is 2.70. The van der Waals surface area contributed by atoms with Gasteiger partial charge in [-0.25, -0.2) is 0 Å². The van der Waals surface area contributed by atoms with Gasteiger partial charge in [0.25, 0.3) is 0 Å². The Balaban J connectivity index is 2.18. The van der Waals surface area contributed by atoms with Crippen molar-refractivity contribution in [2.24, 2.45) is 0 Å². The number of rotatable bonds is 3. The van der Waals surface area contributed by atoms with Crippen molar-refractivity contribution in [3.8, 4) is 5.75 Å². The van der Waals surface area contributed by atoms with Crippen LogP contribution in [-0.4, -0.2) is 12.1 Å². The standard InChI is InChI=1S/C14H15NO/c1-11-7-8-15-10-13(11)9-12-3-5-14(16-2)6-4-12/h3-8,10H,9H2,1-2H3. The molecule has 1 heterocycles. The molecular formula is C14H15NO. The number of aromatic nitrogens is 1. The molecule has 0 saturated carbocycles. The number of benzene rings is 1. The maximum Gasteiger partial charge on any atom is 0.118 e. The van der Waals surface area contributed by atoms with Gasteiger partial charge in [0.15, 0.2) is 0 Å². The second-order valence-corrected chi connectivity index (χ2v) is 3.83. The first-order valence-electron chi connectivity index (χ1n) is 5.32. The summed E-state index contributed by atoms with van der Waals surface area (Å²) < 4.78 is 5.13. The molecule has 1 aromatic heterocycles. The van der Waals surface area contributed by atoms with Crippen LogP contribution in [0.25, 0.3) is 0 Å².